The van der Waals surface area contributed by atoms with E-state index >= 15 is 0 Å². The standard InChI is InChI=1S/C20H21N3O4/c1-3-12-21-18(24)13-26-17-7-5-4-6-16(17)20-22-19(23-27-20)14-8-10-15(25-2)11-9-14/h4-11H,3,12-13H2,1-2H3,(H,21,24). The summed E-state index contributed by atoms with van der Waals surface area (Å²) in [6.07, 6.45) is 0.873. The number of nitrogens with one attached hydrogen (secondary N) is 1. The molecule has 0 aliphatic carbocycles. The van der Waals surface area contributed by atoms with Gasteiger partial charge in [0.25, 0.3) is 11.8 Å². The van der Waals surface area contributed by atoms with Crippen LogP contribution in [-0.2, 0) is 4.79 Å². The van der Waals surface area contributed by atoms with Crippen LogP contribution in [0.3, 0.4) is 0 Å². The van der Waals surface area contributed by atoms with Crippen molar-refractivity contribution in [3.8, 4) is 34.3 Å². The first-order valence-electron chi connectivity index (χ1n) is 8.68. The monoisotopic (exact) mass is 367 g/mol. The van der Waals surface area contributed by atoms with E-state index in [1.807, 2.05) is 49.4 Å². The van der Waals surface area contributed by atoms with Crippen molar-refractivity contribution in [2.75, 3.05) is 20.3 Å². The predicted octanol–water partition coefficient (Wildman–Crippen LogP) is 3.32. The molecule has 27 heavy (non-hydrogen) atoms. The van der Waals surface area contributed by atoms with Crippen molar-refractivity contribution in [1.82, 2.24) is 15.5 Å². The fourth-order valence-electron chi connectivity index (χ4n) is 2.42. The van der Waals surface area contributed by atoms with Gasteiger partial charge in [0.05, 0.1) is 12.7 Å². The van der Waals surface area contributed by atoms with Crippen LogP contribution >= 0.6 is 0 Å². The summed E-state index contributed by atoms with van der Waals surface area (Å²) in [7, 11) is 1.61. The van der Waals surface area contributed by atoms with Crippen LogP contribution in [0.2, 0.25) is 0 Å². The van der Waals surface area contributed by atoms with Gasteiger partial charge in [-0.1, -0.05) is 24.2 Å². The molecule has 0 spiro atoms. The smallest absolute Gasteiger partial charge is 0.262 e. The molecule has 0 atom stereocenters. The number of carbonyl (C=O) groups excluding carboxylic acids is 1. The van der Waals surface area contributed by atoms with E-state index in [1.54, 1.807) is 13.2 Å². The Kier molecular flexibility index (Phi) is 6.04. The number of benzene rings is 2. The molecule has 0 fully saturated rings. The molecule has 1 N–H and O–H groups in total. The number of hydrogen-bond donors (Lipinski definition) is 1. The molecule has 0 bridgehead atoms. The summed E-state index contributed by atoms with van der Waals surface area (Å²) in [5.41, 5.74) is 1.44. The minimum atomic E-state index is -0.170. The van der Waals surface area contributed by atoms with Gasteiger partial charge in [0.15, 0.2) is 6.61 Å². The van der Waals surface area contributed by atoms with Gasteiger partial charge < -0.3 is 19.3 Å². The number of ether oxygens (including phenoxy) is 2. The van der Waals surface area contributed by atoms with Gasteiger partial charge in [-0.25, -0.2) is 0 Å². The van der Waals surface area contributed by atoms with E-state index in [-0.39, 0.29) is 12.5 Å². The number of para-hydroxylation sites is 1. The van der Waals surface area contributed by atoms with E-state index in [0.29, 0.717) is 29.6 Å². The third-order valence-electron chi connectivity index (χ3n) is 3.82. The van der Waals surface area contributed by atoms with Gasteiger partial charge in [-0.15, -0.1) is 0 Å². The van der Waals surface area contributed by atoms with E-state index in [9.17, 15) is 4.79 Å². The second-order valence-corrected chi connectivity index (χ2v) is 5.79. The fraction of sp³-hybridized carbons (Fsp3) is 0.250. The molecule has 0 aliphatic rings. The molecule has 0 saturated carbocycles. The number of nitrogens with zero attached hydrogens (tertiary/aromatic N) is 2. The van der Waals surface area contributed by atoms with Crippen LogP contribution in [0.25, 0.3) is 22.8 Å². The van der Waals surface area contributed by atoms with E-state index in [1.165, 1.54) is 0 Å². The molecular formula is C20H21N3O4. The predicted molar refractivity (Wildman–Crippen MR) is 101 cm³/mol. The zero-order valence-corrected chi connectivity index (χ0v) is 15.3. The number of methoxy groups -OCH3 is 1. The molecule has 1 heterocycles. The highest BCUT2D eigenvalue weighted by Gasteiger charge is 2.15. The molecule has 7 heteroatoms. The largest absolute Gasteiger partial charge is 0.497 e. The van der Waals surface area contributed by atoms with E-state index in [2.05, 4.69) is 15.5 Å². The highest BCUT2D eigenvalue weighted by molar-refractivity contribution is 5.78. The molecule has 2 aromatic carbocycles. The summed E-state index contributed by atoms with van der Waals surface area (Å²) in [5, 5.41) is 6.80. The van der Waals surface area contributed by atoms with Gasteiger partial charge >= 0.3 is 0 Å². The van der Waals surface area contributed by atoms with E-state index in [4.69, 9.17) is 14.0 Å². The Morgan fingerprint density at radius 3 is 2.67 bits per heavy atom. The summed E-state index contributed by atoms with van der Waals surface area (Å²) >= 11 is 0. The van der Waals surface area contributed by atoms with Gasteiger partial charge in [-0.05, 0) is 42.8 Å². The Labute approximate surface area is 157 Å². The van der Waals surface area contributed by atoms with Crippen molar-refractivity contribution in [3.05, 3.63) is 48.5 Å². The zero-order valence-electron chi connectivity index (χ0n) is 15.3. The van der Waals surface area contributed by atoms with Crippen molar-refractivity contribution < 1.29 is 18.8 Å². The average Bonchev–Trinajstić information content (AvgIpc) is 3.21. The molecule has 1 aromatic heterocycles. The minimum absolute atomic E-state index is 0.0729. The SMILES string of the molecule is CCCNC(=O)COc1ccccc1-c1nc(-c2ccc(OC)cc2)no1. The van der Waals surface area contributed by atoms with Crippen LogP contribution in [0.15, 0.2) is 53.1 Å². The summed E-state index contributed by atoms with van der Waals surface area (Å²) in [5.74, 6) is 1.88. The molecule has 0 unspecified atom stereocenters. The summed E-state index contributed by atoms with van der Waals surface area (Å²) < 4.78 is 16.2. The van der Waals surface area contributed by atoms with Crippen molar-refractivity contribution in [2.45, 2.75) is 13.3 Å². The Hall–Kier alpha value is -3.35. The Bertz CT molecular complexity index is 890. The van der Waals surface area contributed by atoms with Crippen LogP contribution in [-0.4, -0.2) is 36.3 Å². The number of amides is 1. The van der Waals surface area contributed by atoms with E-state index < -0.39 is 0 Å². The van der Waals surface area contributed by atoms with Gasteiger partial charge in [-0.2, -0.15) is 4.98 Å². The second kappa shape index (κ2) is 8.84. The maximum absolute atomic E-state index is 11.8. The van der Waals surface area contributed by atoms with Crippen LogP contribution in [0.1, 0.15) is 13.3 Å². The number of carbonyl (C=O) groups is 1. The number of aromatic nitrogens is 2. The summed E-state index contributed by atoms with van der Waals surface area (Å²) in [4.78, 5) is 16.2. The van der Waals surface area contributed by atoms with Gasteiger partial charge in [-0.3, -0.25) is 4.79 Å². The van der Waals surface area contributed by atoms with Crippen LogP contribution in [0.4, 0.5) is 0 Å². The Balaban J connectivity index is 1.77. The molecule has 0 aliphatic heterocycles. The molecule has 3 aromatic rings. The molecule has 0 saturated heterocycles. The van der Waals surface area contributed by atoms with Crippen LogP contribution in [0.5, 0.6) is 11.5 Å². The van der Waals surface area contributed by atoms with Crippen LogP contribution in [0, 0.1) is 0 Å². The molecule has 7 nitrogen and oxygen atoms in total. The first-order valence-corrected chi connectivity index (χ1v) is 8.68. The third-order valence-corrected chi connectivity index (χ3v) is 3.82. The van der Waals surface area contributed by atoms with Crippen molar-refractivity contribution in [2.24, 2.45) is 0 Å². The van der Waals surface area contributed by atoms with Gasteiger partial charge in [0, 0.05) is 12.1 Å². The van der Waals surface area contributed by atoms with Crippen molar-refractivity contribution in [1.29, 1.82) is 0 Å². The average molecular weight is 367 g/mol. The van der Waals surface area contributed by atoms with Gasteiger partial charge in [0.1, 0.15) is 11.5 Å². The molecule has 0 radical (unpaired) electrons. The van der Waals surface area contributed by atoms with Crippen LogP contribution < -0.4 is 14.8 Å². The minimum Gasteiger partial charge on any atom is -0.497 e. The summed E-state index contributed by atoms with van der Waals surface area (Å²) in [6, 6.07) is 14.6. The quantitative estimate of drug-likeness (QED) is 0.657. The third kappa shape index (κ3) is 4.63. The highest BCUT2D eigenvalue weighted by Crippen LogP contribution is 2.30. The topological polar surface area (TPSA) is 86.5 Å². The molecule has 140 valence electrons. The molecular weight excluding hydrogens is 346 g/mol. The molecule has 1 amide bonds. The first kappa shape index (κ1) is 18.4. The fourth-order valence-corrected chi connectivity index (χ4v) is 2.42. The zero-order chi connectivity index (χ0) is 19.1. The Morgan fingerprint density at radius 1 is 1.15 bits per heavy atom. The van der Waals surface area contributed by atoms with Crippen molar-refractivity contribution in [3.63, 3.8) is 0 Å². The number of rotatable bonds is 8. The van der Waals surface area contributed by atoms with E-state index in [0.717, 1.165) is 17.7 Å². The lowest BCUT2D eigenvalue weighted by Crippen LogP contribution is -2.29. The highest BCUT2D eigenvalue weighted by atomic mass is 16.5. The number of hydrogen-bond acceptors (Lipinski definition) is 6. The maximum atomic E-state index is 11.8. The molecule has 3 rings (SSSR count). The lowest BCUT2D eigenvalue weighted by atomic mass is 10.2. The summed E-state index contributed by atoms with van der Waals surface area (Å²) in [6.45, 7) is 2.54. The Morgan fingerprint density at radius 2 is 1.93 bits per heavy atom. The lowest BCUT2D eigenvalue weighted by Gasteiger charge is -2.09. The van der Waals surface area contributed by atoms with Crippen molar-refractivity contribution >= 4 is 5.91 Å². The van der Waals surface area contributed by atoms with Gasteiger partial charge in [0.2, 0.25) is 5.82 Å². The second-order valence-electron chi connectivity index (χ2n) is 5.79. The maximum Gasteiger partial charge on any atom is 0.262 e. The lowest BCUT2D eigenvalue weighted by molar-refractivity contribution is -0.123. The normalized spacial score (nSPS) is 10.4. The first-order chi connectivity index (χ1) is 13.2.